The van der Waals surface area contributed by atoms with Crippen LogP contribution in [0.15, 0.2) is 24.4 Å². The molecule has 0 spiro atoms. The van der Waals surface area contributed by atoms with Crippen molar-refractivity contribution in [3.05, 3.63) is 30.2 Å². The van der Waals surface area contributed by atoms with E-state index in [1.807, 2.05) is 0 Å². The van der Waals surface area contributed by atoms with Gasteiger partial charge in [-0.3, -0.25) is 4.98 Å². The van der Waals surface area contributed by atoms with Crippen LogP contribution in [0.4, 0.5) is 19.0 Å². The third kappa shape index (κ3) is 2.79. The van der Waals surface area contributed by atoms with Crippen molar-refractivity contribution < 1.29 is 17.9 Å². The number of halogens is 3. The van der Waals surface area contributed by atoms with E-state index in [0.717, 1.165) is 0 Å². The fourth-order valence-corrected chi connectivity index (χ4v) is 1.57. The molecular weight excluding hydrogens is 273 g/mol. The number of rotatable bonds is 3. The number of ether oxygens (including phenoxy) is 1. The lowest BCUT2D eigenvalue weighted by molar-refractivity contribution is -0.144. The molecule has 5 nitrogen and oxygen atoms in total. The van der Waals surface area contributed by atoms with E-state index >= 15 is 0 Å². The number of hydrogen-bond acceptors (Lipinski definition) is 5. The summed E-state index contributed by atoms with van der Waals surface area (Å²) in [6.45, 7) is 0. The van der Waals surface area contributed by atoms with Gasteiger partial charge in [0.15, 0.2) is 0 Å². The summed E-state index contributed by atoms with van der Waals surface area (Å²) in [5, 5.41) is 2.57. The number of methoxy groups -OCH3 is 1. The van der Waals surface area contributed by atoms with Crippen molar-refractivity contribution in [2.45, 2.75) is 6.18 Å². The smallest absolute Gasteiger partial charge is 0.451 e. The van der Waals surface area contributed by atoms with Crippen LogP contribution in [-0.2, 0) is 6.18 Å². The topological polar surface area (TPSA) is 59.9 Å². The Morgan fingerprint density at radius 2 is 2.00 bits per heavy atom. The average molecular weight is 284 g/mol. The van der Waals surface area contributed by atoms with Gasteiger partial charge in [-0.1, -0.05) is 0 Å². The molecule has 0 amide bonds. The Morgan fingerprint density at radius 1 is 1.25 bits per heavy atom. The van der Waals surface area contributed by atoms with Crippen LogP contribution < -0.4 is 10.1 Å². The summed E-state index contributed by atoms with van der Waals surface area (Å²) in [7, 11) is 2.88. The Balaban J connectivity index is 2.62. The minimum atomic E-state index is -4.64. The lowest BCUT2D eigenvalue weighted by Gasteiger charge is -2.11. The van der Waals surface area contributed by atoms with Crippen LogP contribution in [0.2, 0.25) is 0 Å². The summed E-state index contributed by atoms with van der Waals surface area (Å²) in [4.78, 5) is 10.9. The molecule has 106 valence electrons. The number of hydrogen-bond donors (Lipinski definition) is 1. The summed E-state index contributed by atoms with van der Waals surface area (Å²) in [6.07, 6.45) is -3.18. The maximum absolute atomic E-state index is 12.8. The quantitative estimate of drug-likeness (QED) is 0.938. The average Bonchev–Trinajstić information content (AvgIpc) is 2.45. The first-order valence-electron chi connectivity index (χ1n) is 5.59. The summed E-state index contributed by atoms with van der Waals surface area (Å²) < 4.78 is 43.4. The zero-order chi connectivity index (χ0) is 14.8. The van der Waals surface area contributed by atoms with Crippen molar-refractivity contribution in [1.82, 2.24) is 15.0 Å². The van der Waals surface area contributed by atoms with Crippen LogP contribution in [0.25, 0.3) is 11.4 Å². The molecule has 0 aliphatic rings. The molecule has 0 bridgehead atoms. The number of aromatic nitrogens is 3. The second-order valence-corrected chi connectivity index (χ2v) is 3.76. The zero-order valence-electron chi connectivity index (χ0n) is 10.7. The maximum Gasteiger partial charge on any atom is 0.451 e. The predicted octanol–water partition coefficient (Wildman–Crippen LogP) is 2.61. The van der Waals surface area contributed by atoms with E-state index in [9.17, 15) is 13.2 Å². The van der Waals surface area contributed by atoms with Gasteiger partial charge in [-0.15, -0.1) is 0 Å². The summed E-state index contributed by atoms with van der Waals surface area (Å²) >= 11 is 0. The lowest BCUT2D eigenvalue weighted by atomic mass is 10.2. The highest BCUT2D eigenvalue weighted by molar-refractivity contribution is 5.65. The molecule has 2 aromatic rings. The molecule has 0 saturated carbocycles. The monoisotopic (exact) mass is 284 g/mol. The number of anilines is 1. The Labute approximate surface area is 112 Å². The van der Waals surface area contributed by atoms with Gasteiger partial charge in [-0.05, 0) is 12.1 Å². The summed E-state index contributed by atoms with van der Waals surface area (Å²) in [5.74, 6) is -0.844. The molecule has 1 N–H and O–H groups in total. The van der Waals surface area contributed by atoms with Gasteiger partial charge in [0.1, 0.15) is 17.3 Å². The maximum atomic E-state index is 12.8. The fourth-order valence-electron chi connectivity index (χ4n) is 1.57. The van der Waals surface area contributed by atoms with Crippen molar-refractivity contribution >= 4 is 5.82 Å². The third-order valence-corrected chi connectivity index (χ3v) is 2.47. The van der Waals surface area contributed by atoms with Gasteiger partial charge >= 0.3 is 6.18 Å². The molecule has 0 aromatic carbocycles. The van der Waals surface area contributed by atoms with Crippen LogP contribution in [0, 0.1) is 0 Å². The second kappa shape index (κ2) is 5.32. The molecule has 0 aliphatic carbocycles. The molecule has 20 heavy (non-hydrogen) atoms. The van der Waals surface area contributed by atoms with Gasteiger partial charge in [-0.2, -0.15) is 13.2 Å². The standard InChI is InChI=1S/C12H11F3N4O/c1-16-9-6-7(18-11(19-9)12(13,14)15)10-8(20-2)4-3-5-17-10/h3-6H,1-2H3,(H,16,18,19). The van der Waals surface area contributed by atoms with Crippen molar-refractivity contribution in [2.75, 3.05) is 19.5 Å². The Bertz CT molecular complexity index is 616. The van der Waals surface area contributed by atoms with Crippen molar-refractivity contribution in [1.29, 1.82) is 0 Å². The van der Waals surface area contributed by atoms with E-state index in [-0.39, 0.29) is 17.2 Å². The van der Waals surface area contributed by atoms with Gasteiger partial charge in [0.2, 0.25) is 5.82 Å². The highest BCUT2D eigenvalue weighted by atomic mass is 19.4. The van der Waals surface area contributed by atoms with Crippen molar-refractivity contribution in [3.8, 4) is 17.1 Å². The third-order valence-electron chi connectivity index (χ3n) is 2.47. The number of alkyl halides is 3. The van der Waals surface area contributed by atoms with E-state index < -0.39 is 12.0 Å². The second-order valence-electron chi connectivity index (χ2n) is 3.76. The lowest BCUT2D eigenvalue weighted by Crippen LogP contribution is -2.13. The van der Waals surface area contributed by atoms with Crippen molar-refractivity contribution in [3.63, 3.8) is 0 Å². The molecule has 2 aromatic heterocycles. The molecule has 0 fully saturated rings. The Kier molecular flexibility index (Phi) is 3.73. The van der Waals surface area contributed by atoms with Crippen molar-refractivity contribution in [2.24, 2.45) is 0 Å². The molecule has 8 heteroatoms. The molecule has 2 heterocycles. The number of nitrogens with zero attached hydrogens (tertiary/aromatic N) is 3. The minimum absolute atomic E-state index is 0.0362. The van der Waals surface area contributed by atoms with Gasteiger partial charge in [0, 0.05) is 19.3 Å². The molecular formula is C12H11F3N4O. The van der Waals surface area contributed by atoms with E-state index in [4.69, 9.17) is 4.74 Å². The van der Waals surface area contributed by atoms with Crippen LogP contribution in [0.5, 0.6) is 5.75 Å². The minimum Gasteiger partial charge on any atom is -0.494 e. The first-order chi connectivity index (χ1) is 9.45. The SMILES string of the molecule is CNc1cc(-c2ncccc2OC)nc(C(F)(F)F)n1. The summed E-state index contributed by atoms with van der Waals surface area (Å²) in [6, 6.07) is 4.59. The van der Waals surface area contributed by atoms with E-state index in [2.05, 4.69) is 20.3 Å². The highest BCUT2D eigenvalue weighted by Gasteiger charge is 2.35. The Hall–Kier alpha value is -2.38. The first kappa shape index (κ1) is 14.0. The van der Waals surface area contributed by atoms with Crippen LogP contribution in [-0.4, -0.2) is 29.1 Å². The number of nitrogens with one attached hydrogen (secondary N) is 1. The predicted molar refractivity (Wildman–Crippen MR) is 66.4 cm³/mol. The molecule has 0 saturated heterocycles. The molecule has 0 radical (unpaired) electrons. The van der Waals surface area contributed by atoms with Gasteiger partial charge in [0.25, 0.3) is 0 Å². The van der Waals surface area contributed by atoms with E-state index in [1.165, 1.54) is 26.4 Å². The largest absolute Gasteiger partial charge is 0.494 e. The van der Waals surface area contributed by atoms with Crippen LogP contribution in [0.3, 0.4) is 0 Å². The first-order valence-corrected chi connectivity index (χ1v) is 5.59. The highest BCUT2D eigenvalue weighted by Crippen LogP contribution is 2.31. The normalized spacial score (nSPS) is 11.2. The van der Waals surface area contributed by atoms with Crippen LogP contribution in [0.1, 0.15) is 5.82 Å². The van der Waals surface area contributed by atoms with E-state index in [0.29, 0.717) is 5.75 Å². The molecule has 0 aliphatic heterocycles. The van der Waals surface area contributed by atoms with E-state index in [1.54, 1.807) is 12.1 Å². The zero-order valence-corrected chi connectivity index (χ0v) is 10.7. The van der Waals surface area contributed by atoms with Gasteiger partial charge in [0.05, 0.1) is 12.8 Å². The number of pyridine rings is 1. The van der Waals surface area contributed by atoms with Crippen LogP contribution >= 0.6 is 0 Å². The van der Waals surface area contributed by atoms with Gasteiger partial charge < -0.3 is 10.1 Å². The molecule has 0 unspecified atom stereocenters. The Morgan fingerprint density at radius 3 is 2.60 bits per heavy atom. The fraction of sp³-hybridized carbons (Fsp3) is 0.250. The summed E-state index contributed by atoms with van der Waals surface area (Å²) in [5.41, 5.74) is 0.258. The molecule has 2 rings (SSSR count). The van der Waals surface area contributed by atoms with Gasteiger partial charge in [-0.25, -0.2) is 9.97 Å². The molecule has 0 atom stereocenters.